The Morgan fingerprint density at radius 1 is 0.900 bits per heavy atom. The highest BCUT2D eigenvalue weighted by Crippen LogP contribution is 2.46. The molecule has 0 radical (unpaired) electrons. The largest absolute Gasteiger partial charge is 0.573 e. The van der Waals surface area contributed by atoms with Crippen molar-refractivity contribution >= 4 is 0 Å². The van der Waals surface area contributed by atoms with Crippen LogP contribution in [0.25, 0.3) is 0 Å². The highest BCUT2D eigenvalue weighted by Gasteiger charge is 2.38. The first-order valence-corrected chi connectivity index (χ1v) is 10.8. The van der Waals surface area contributed by atoms with E-state index < -0.39 is 6.36 Å². The summed E-state index contributed by atoms with van der Waals surface area (Å²) < 4.78 is 40.6. The van der Waals surface area contributed by atoms with Gasteiger partial charge in [0, 0.05) is 11.1 Å². The molecule has 2 aromatic rings. The molecule has 1 aliphatic carbocycles. The molecule has 1 nitrogen and oxygen atoms in total. The molecule has 1 atom stereocenters. The minimum atomic E-state index is -4.68. The summed E-state index contributed by atoms with van der Waals surface area (Å²) in [5, 5.41) is 0. The zero-order valence-electron chi connectivity index (χ0n) is 17.7. The van der Waals surface area contributed by atoms with Crippen molar-refractivity contribution in [2.45, 2.75) is 70.6 Å². The standard InChI is InChI=1S/C26H29F3O/c1-3-7-20(2)25(18-5-4-6-19-25)23-14-10-21(11-15-23)8-9-22-12-16-24(17-13-22)30-26(27,28)29/h10-17,20H,3-7,18-19H2,1-2H3. The monoisotopic (exact) mass is 414 g/mol. The third kappa shape index (κ3) is 5.59. The molecule has 1 unspecified atom stereocenters. The molecular weight excluding hydrogens is 385 g/mol. The second-order valence-corrected chi connectivity index (χ2v) is 8.31. The van der Waals surface area contributed by atoms with Crippen LogP contribution in [-0.4, -0.2) is 6.36 Å². The van der Waals surface area contributed by atoms with Gasteiger partial charge in [-0.3, -0.25) is 0 Å². The SMILES string of the molecule is CCCC(C)C1(c2ccc(C#Cc3ccc(OC(F)(F)F)cc3)cc2)CCCCC1. The molecule has 1 saturated carbocycles. The topological polar surface area (TPSA) is 9.23 Å². The van der Waals surface area contributed by atoms with E-state index in [4.69, 9.17) is 0 Å². The van der Waals surface area contributed by atoms with Gasteiger partial charge in [0.2, 0.25) is 0 Å². The molecule has 3 rings (SSSR count). The van der Waals surface area contributed by atoms with Gasteiger partial charge >= 0.3 is 6.36 Å². The van der Waals surface area contributed by atoms with Gasteiger partial charge in [-0.2, -0.15) is 0 Å². The van der Waals surface area contributed by atoms with Crippen LogP contribution in [0.2, 0.25) is 0 Å². The van der Waals surface area contributed by atoms with E-state index in [1.54, 1.807) is 0 Å². The Bertz CT molecular complexity index is 864. The molecule has 1 fully saturated rings. The summed E-state index contributed by atoms with van der Waals surface area (Å²) in [5.74, 6) is 6.55. The van der Waals surface area contributed by atoms with Crippen LogP contribution in [0.4, 0.5) is 13.2 Å². The van der Waals surface area contributed by atoms with Crippen molar-refractivity contribution in [1.29, 1.82) is 0 Å². The van der Waals surface area contributed by atoms with E-state index in [9.17, 15) is 13.2 Å². The van der Waals surface area contributed by atoms with Crippen molar-refractivity contribution in [2.24, 2.45) is 5.92 Å². The fourth-order valence-electron chi connectivity index (χ4n) is 4.73. The minimum Gasteiger partial charge on any atom is -0.406 e. The molecule has 2 aromatic carbocycles. The van der Waals surface area contributed by atoms with Gasteiger partial charge in [0.1, 0.15) is 5.75 Å². The lowest BCUT2D eigenvalue weighted by molar-refractivity contribution is -0.274. The number of rotatable bonds is 5. The van der Waals surface area contributed by atoms with Gasteiger partial charge in [-0.05, 0) is 66.1 Å². The molecule has 0 aliphatic heterocycles. The first kappa shape index (κ1) is 22.3. The van der Waals surface area contributed by atoms with E-state index in [0.29, 0.717) is 11.5 Å². The summed E-state index contributed by atoms with van der Waals surface area (Å²) in [5.41, 5.74) is 3.24. The number of alkyl halides is 3. The first-order valence-electron chi connectivity index (χ1n) is 10.8. The highest BCUT2D eigenvalue weighted by molar-refractivity contribution is 5.45. The van der Waals surface area contributed by atoms with Crippen LogP contribution in [0.1, 0.15) is 75.5 Å². The van der Waals surface area contributed by atoms with Crippen LogP contribution < -0.4 is 4.74 Å². The Balaban J connectivity index is 1.74. The first-order chi connectivity index (χ1) is 14.3. The molecule has 1 aliphatic rings. The Labute approximate surface area is 177 Å². The number of ether oxygens (including phenoxy) is 1. The number of benzene rings is 2. The Morgan fingerprint density at radius 2 is 1.43 bits per heavy atom. The maximum Gasteiger partial charge on any atom is 0.573 e. The molecule has 0 aromatic heterocycles. The molecule has 0 heterocycles. The Kier molecular flexibility index (Phi) is 7.13. The molecule has 0 amide bonds. The van der Waals surface area contributed by atoms with Gasteiger partial charge < -0.3 is 4.74 Å². The third-order valence-electron chi connectivity index (χ3n) is 6.31. The molecule has 0 N–H and O–H groups in total. The lowest BCUT2D eigenvalue weighted by atomic mass is 9.61. The molecule has 0 saturated heterocycles. The van der Waals surface area contributed by atoms with Crippen LogP contribution in [-0.2, 0) is 5.41 Å². The molecule has 30 heavy (non-hydrogen) atoms. The van der Waals surface area contributed by atoms with Crippen molar-refractivity contribution in [3.63, 3.8) is 0 Å². The van der Waals surface area contributed by atoms with E-state index in [0.717, 1.165) is 5.56 Å². The molecule has 0 spiro atoms. The summed E-state index contributed by atoms with van der Waals surface area (Å²) in [7, 11) is 0. The lowest BCUT2D eigenvalue weighted by Gasteiger charge is -2.43. The zero-order valence-corrected chi connectivity index (χ0v) is 17.7. The average Bonchev–Trinajstić information content (AvgIpc) is 2.73. The smallest absolute Gasteiger partial charge is 0.406 e. The van der Waals surface area contributed by atoms with E-state index in [2.05, 4.69) is 54.7 Å². The van der Waals surface area contributed by atoms with E-state index >= 15 is 0 Å². The second-order valence-electron chi connectivity index (χ2n) is 8.31. The van der Waals surface area contributed by atoms with Crippen molar-refractivity contribution in [3.8, 4) is 17.6 Å². The maximum absolute atomic E-state index is 12.2. The van der Waals surface area contributed by atoms with E-state index in [1.165, 1.54) is 74.8 Å². The van der Waals surface area contributed by atoms with Crippen LogP contribution in [0, 0.1) is 17.8 Å². The summed E-state index contributed by atoms with van der Waals surface area (Å²) in [4.78, 5) is 0. The number of hydrogen-bond donors (Lipinski definition) is 0. The summed E-state index contributed by atoms with van der Waals surface area (Å²) in [6.45, 7) is 4.65. The van der Waals surface area contributed by atoms with Crippen LogP contribution in [0.3, 0.4) is 0 Å². The van der Waals surface area contributed by atoms with Crippen molar-refractivity contribution in [2.75, 3.05) is 0 Å². The summed E-state index contributed by atoms with van der Waals surface area (Å²) in [6, 6.07) is 14.2. The van der Waals surface area contributed by atoms with Crippen molar-refractivity contribution < 1.29 is 17.9 Å². The van der Waals surface area contributed by atoms with Crippen LogP contribution in [0.15, 0.2) is 48.5 Å². The second kappa shape index (κ2) is 9.60. The minimum absolute atomic E-state index is 0.239. The van der Waals surface area contributed by atoms with Crippen LogP contribution in [0.5, 0.6) is 5.75 Å². The van der Waals surface area contributed by atoms with Gasteiger partial charge in [-0.25, -0.2) is 0 Å². The third-order valence-corrected chi connectivity index (χ3v) is 6.31. The highest BCUT2D eigenvalue weighted by atomic mass is 19.4. The fourth-order valence-corrected chi connectivity index (χ4v) is 4.73. The molecule has 160 valence electrons. The molecular formula is C26H29F3O. The van der Waals surface area contributed by atoms with Gasteiger partial charge in [0.25, 0.3) is 0 Å². The predicted molar refractivity (Wildman–Crippen MR) is 114 cm³/mol. The molecule has 4 heteroatoms. The quantitative estimate of drug-likeness (QED) is 0.457. The summed E-state index contributed by atoms with van der Waals surface area (Å²) in [6.07, 6.45) is 4.20. The van der Waals surface area contributed by atoms with E-state index in [-0.39, 0.29) is 11.2 Å². The van der Waals surface area contributed by atoms with Gasteiger partial charge in [0.05, 0.1) is 0 Å². The van der Waals surface area contributed by atoms with Crippen molar-refractivity contribution in [3.05, 3.63) is 65.2 Å². The predicted octanol–water partition coefficient (Wildman–Crippen LogP) is 7.62. The van der Waals surface area contributed by atoms with E-state index in [1.807, 2.05) is 0 Å². The van der Waals surface area contributed by atoms with Gasteiger partial charge in [-0.15, -0.1) is 13.2 Å². The number of halogens is 3. The average molecular weight is 415 g/mol. The lowest BCUT2D eigenvalue weighted by Crippen LogP contribution is -2.36. The Hall–Kier alpha value is -2.41. The molecule has 0 bridgehead atoms. The van der Waals surface area contributed by atoms with Gasteiger partial charge in [0.15, 0.2) is 0 Å². The Morgan fingerprint density at radius 3 is 1.93 bits per heavy atom. The van der Waals surface area contributed by atoms with Gasteiger partial charge in [-0.1, -0.05) is 69.9 Å². The fraction of sp³-hybridized carbons (Fsp3) is 0.462. The maximum atomic E-state index is 12.2. The normalized spacial score (nSPS) is 17.0. The van der Waals surface area contributed by atoms with Crippen molar-refractivity contribution in [1.82, 2.24) is 0 Å². The van der Waals surface area contributed by atoms with Crippen LogP contribution >= 0.6 is 0 Å². The number of hydrogen-bond acceptors (Lipinski definition) is 1. The zero-order chi connectivity index (χ0) is 21.6. The summed E-state index contributed by atoms with van der Waals surface area (Å²) >= 11 is 0.